The second kappa shape index (κ2) is 48.8. The van der Waals surface area contributed by atoms with Gasteiger partial charge in [0.1, 0.15) is 0 Å². The Morgan fingerprint density at radius 3 is 0.605 bits per heavy atom. The van der Waals surface area contributed by atoms with Gasteiger partial charge in [-0.1, -0.05) is 182 Å². The van der Waals surface area contributed by atoms with E-state index in [-0.39, 0.29) is 34.1 Å². The summed E-state index contributed by atoms with van der Waals surface area (Å²) in [7, 11) is -11.1. The van der Waals surface area contributed by atoms with E-state index in [9.17, 15) is 26.3 Å². The van der Waals surface area contributed by atoms with Gasteiger partial charge in [-0.15, -0.1) is 0 Å². The second-order valence-electron chi connectivity index (χ2n) is 17.6. The van der Waals surface area contributed by atoms with Gasteiger partial charge >= 0.3 is 60.8 Å². The Hall–Kier alpha value is -5.21. The number of hydrogen-bond donors (Lipinski definition) is 0. The Bertz CT molecular complexity index is 2800. The normalized spacial score (nSPS) is 10.8. The van der Waals surface area contributed by atoms with Crippen LogP contribution in [0.1, 0.15) is 0 Å². The molecule has 8 aromatic rings. The van der Waals surface area contributed by atoms with Crippen molar-refractivity contribution in [3.8, 4) is 0 Å². The molecule has 0 N–H and O–H groups in total. The zero-order valence-electron chi connectivity index (χ0n) is 47.1. The Balaban J connectivity index is -0.000000462. The van der Waals surface area contributed by atoms with Gasteiger partial charge in [0.15, 0.2) is 20.2 Å². The maximum absolute atomic E-state index is 10.7. The molecule has 1 heterocycles. The van der Waals surface area contributed by atoms with Gasteiger partial charge in [0.05, 0.1) is 0 Å². The van der Waals surface area contributed by atoms with Gasteiger partial charge in [0.2, 0.25) is 0 Å². The maximum atomic E-state index is 10.7. The van der Waals surface area contributed by atoms with Crippen LogP contribution < -0.4 is 31.8 Å². The van der Waals surface area contributed by atoms with E-state index in [1.165, 1.54) is 42.5 Å². The van der Waals surface area contributed by atoms with Gasteiger partial charge in [0.25, 0.3) is 21.6 Å². The molecule has 0 radical (unpaired) electrons. The van der Waals surface area contributed by atoms with Crippen LogP contribution in [0.3, 0.4) is 0 Å². The predicted molar refractivity (Wildman–Crippen MR) is 323 cm³/mol. The molecular weight excluding hydrogens is 1360 g/mol. The summed E-state index contributed by atoms with van der Waals surface area (Å²) in [4.78, 5) is 0. The van der Waals surface area contributed by atoms with Gasteiger partial charge in [-0.05, 0) is 47.7 Å². The minimum atomic E-state index is -6.09. The van der Waals surface area contributed by atoms with Gasteiger partial charge < -0.3 is 18.1 Å². The van der Waals surface area contributed by atoms with Crippen molar-refractivity contribution in [1.82, 2.24) is 0 Å². The molecule has 0 unspecified atom stereocenters. The van der Waals surface area contributed by atoms with Crippen molar-refractivity contribution in [2.45, 2.75) is 50.3 Å². The predicted octanol–water partition coefficient (Wildman–Crippen LogP) is 13.3. The van der Waals surface area contributed by atoms with E-state index in [1.807, 2.05) is 99.9 Å². The van der Waals surface area contributed by atoms with E-state index in [0.717, 1.165) is 0 Å². The van der Waals surface area contributed by atoms with Crippen LogP contribution in [0.4, 0.5) is 26.3 Å². The van der Waals surface area contributed by atoms with Gasteiger partial charge in [-0.3, -0.25) is 13.1 Å². The van der Waals surface area contributed by atoms with Crippen molar-refractivity contribution in [1.29, 1.82) is 0 Å². The third-order valence-corrected chi connectivity index (χ3v) is 18.4. The second-order valence-corrected chi connectivity index (χ2v) is 36.2. The SMILES string of the molecule is C1[Cl+]C[Cl+]1.O=S(=O)([O-])C(F)(F)F.O=S(=O)([O-])C(F)(F)F.[C-]#[N+][Si](C)(C)C.[C-]#[N+][Si](C)(C)C.[C-]#[O+].[C-]#[O+].[Fe].[Fe].c1cc[cH-]c1.c1cc[cH-]c1.c1ccc(P(c2ccccc2)c2ccccc2)cc1.c1ccc(P(c2ccccc2)c2ccccc2)cc1. The smallest absolute Gasteiger partial charge is 0 e. The molecule has 0 spiro atoms. The van der Waals surface area contributed by atoms with Crippen LogP contribution in [-0.4, -0.2) is 64.1 Å². The topological polar surface area (TPSA) is 163 Å². The summed E-state index contributed by atoms with van der Waals surface area (Å²) in [6.07, 6.45) is 0. The van der Waals surface area contributed by atoms with Crippen LogP contribution >= 0.6 is 15.8 Å². The van der Waals surface area contributed by atoms with Crippen LogP contribution in [-0.2, 0) is 63.7 Å². The van der Waals surface area contributed by atoms with Crippen LogP contribution in [0.15, 0.2) is 243 Å². The first-order chi connectivity index (χ1) is 39.5. The van der Waals surface area contributed by atoms with Crippen LogP contribution in [0, 0.1) is 48.0 Å². The largest absolute Gasteiger partial charge is 0.214 e. The summed E-state index contributed by atoms with van der Waals surface area (Å²) in [6, 6.07) is 84.7. The fourth-order valence-electron chi connectivity index (χ4n) is 5.07. The van der Waals surface area contributed by atoms with Crippen LogP contribution in [0.25, 0.3) is 9.02 Å². The molecule has 8 aromatic carbocycles. The molecule has 0 saturated carbocycles. The van der Waals surface area contributed by atoms with E-state index < -0.39 is 63.6 Å². The number of hydrogen-bond acceptors (Lipinski definition) is 6. The van der Waals surface area contributed by atoms with Crippen molar-refractivity contribution >= 4 is 84.4 Å². The maximum Gasteiger partial charge on any atom is 0 e. The minimum Gasteiger partial charge on any atom is -0.214 e. The van der Waals surface area contributed by atoms with Crippen molar-refractivity contribution in [3.63, 3.8) is 0 Å². The summed E-state index contributed by atoms with van der Waals surface area (Å²) in [5, 5.41) is 10.8. The summed E-state index contributed by atoms with van der Waals surface area (Å²) >= 11 is 0. The fraction of sp³-hybridized carbons (Fsp3) is 0.167. The molecule has 1 aliphatic rings. The summed E-state index contributed by atoms with van der Waals surface area (Å²) in [6.45, 7) is 34.2. The monoisotopic (exact) mass is 1420 g/mol. The van der Waals surface area contributed by atoms with Gasteiger partial charge in [-0.2, -0.15) is 62.7 Å². The molecule has 0 bridgehead atoms. The molecule has 10 nitrogen and oxygen atoms in total. The Kier molecular flexibility index (Phi) is 49.5. The van der Waals surface area contributed by atoms with E-state index in [1.54, 1.807) is 0 Å². The standard InChI is InChI=1S/2C18H15P.2C5H5.2C4H9NSi.C2H4Cl2.2CHF3O3S.2CO.2Fe/c2*1-4-10-16(11-5-1)19(17-12-6-2-7-13-17)18-14-8-3-9-15-18;2*1-2-4-5-3-1;2*1-5-6(2,3)4;1-3-2-4-1;2*2-1(3,4)8(5,6)7;2*1-2;;/h2*1-15H;2*1-5H;2*2-4H3;1-2H2;2*(H,5,6,7);;;;/q;;2*-1;;;+2;;;;;;/p-2. The van der Waals surface area contributed by atoms with E-state index >= 15 is 0 Å². The first-order valence-corrected chi connectivity index (χ1v) is 38.6. The molecule has 1 aliphatic heterocycles. The van der Waals surface area contributed by atoms with Crippen molar-refractivity contribution in [2.24, 2.45) is 0 Å². The molecule has 464 valence electrons. The number of rotatable bonds is 6. The zero-order valence-corrected chi connectivity index (χ0v) is 56.3. The van der Waals surface area contributed by atoms with E-state index in [2.05, 4.69) is 226 Å². The molecule has 26 heteroatoms. The number of halogens is 8. The third-order valence-electron chi connectivity index (χ3n) is 8.72. The molecule has 0 atom stereocenters. The molecule has 1 saturated heterocycles. The first-order valence-electron chi connectivity index (χ1n) is 24.1. The van der Waals surface area contributed by atoms with E-state index in [4.69, 9.17) is 48.4 Å². The average molecular weight is 1420 g/mol. The third kappa shape index (κ3) is 43.4. The van der Waals surface area contributed by atoms with Crippen molar-refractivity contribution < 1.29 is 117 Å². The Morgan fingerprint density at radius 2 is 0.535 bits per heavy atom. The van der Waals surface area contributed by atoms with Crippen LogP contribution in [0.2, 0.25) is 39.3 Å². The quantitative estimate of drug-likeness (QED) is 0.0235. The van der Waals surface area contributed by atoms with Crippen molar-refractivity contribution in [2.75, 3.05) is 10.7 Å². The van der Waals surface area contributed by atoms with Crippen LogP contribution in [0.5, 0.6) is 0 Å². The molecule has 9 rings (SSSR count). The minimum absolute atomic E-state index is 0. The number of nitrogens with zero attached hydrogens (tertiary/aromatic N) is 2. The molecule has 1 fully saturated rings. The molecular formula is C60H62Cl2F6Fe2N2O8P2S2Si2-2. The molecule has 0 amide bonds. The summed E-state index contributed by atoms with van der Waals surface area (Å²) in [5.41, 5.74) is -11.3. The number of benzene rings is 6. The average Bonchev–Trinajstić information content (AvgIpc) is 3.60. The molecule has 0 aliphatic carbocycles. The van der Waals surface area contributed by atoms with Crippen molar-refractivity contribution in [3.05, 3.63) is 278 Å². The summed E-state index contributed by atoms with van der Waals surface area (Å²) in [5.74, 6) is 0. The number of alkyl halides is 10. The first kappa shape index (κ1) is 87.2. The fourth-order valence-corrected chi connectivity index (χ4v) is 10.3. The van der Waals surface area contributed by atoms with Gasteiger partial charge in [-0.25, -0.2) is 41.1 Å². The molecule has 86 heavy (non-hydrogen) atoms. The Morgan fingerprint density at radius 1 is 0.407 bits per heavy atom. The molecule has 0 aromatic heterocycles. The Labute approximate surface area is 536 Å². The van der Waals surface area contributed by atoms with Gasteiger partial charge in [0, 0.05) is 73.4 Å². The zero-order chi connectivity index (χ0) is 64.1. The van der Waals surface area contributed by atoms with E-state index in [0.29, 0.717) is 0 Å². The summed E-state index contributed by atoms with van der Waals surface area (Å²) < 4.78 is 140.